The van der Waals surface area contributed by atoms with Crippen LogP contribution in [0.25, 0.3) is 10.9 Å². The molecule has 1 unspecified atom stereocenters. The normalized spacial score (nSPS) is 12.2. The van der Waals surface area contributed by atoms with E-state index in [-0.39, 0.29) is 48.7 Å². The minimum Gasteiger partial charge on any atom is -0.760 e. The first-order valence-corrected chi connectivity index (χ1v) is 10.9. The van der Waals surface area contributed by atoms with Crippen LogP contribution in [0.1, 0.15) is 27.9 Å². The number of benzene rings is 2. The molecule has 0 radical (unpaired) electrons. The lowest BCUT2D eigenvalue weighted by molar-refractivity contribution is 0.103. The maximum atomic E-state index is 14.6. The number of fused-ring (bicyclic) bond motifs is 1. The summed E-state index contributed by atoms with van der Waals surface area (Å²) in [6, 6.07) is 6.96. The molecular formula is C21H18ClF2N2O5S-. The number of rotatable bonds is 10. The van der Waals surface area contributed by atoms with Crippen molar-refractivity contribution < 1.29 is 32.2 Å². The molecule has 2 aromatic carbocycles. The first-order valence-electron chi connectivity index (χ1n) is 9.49. The summed E-state index contributed by atoms with van der Waals surface area (Å²) < 4.78 is 57.3. The molecule has 32 heavy (non-hydrogen) atoms. The number of hydrogen-bond acceptors (Lipinski definition) is 6. The standard InChI is InChI=1S/C21H19ClF2N2O5S/c22-19-12(2-1-5-26-32(29)30)10-16(23)20(24)18(19)21(28)13-3-4-17-14(8-13)9-15(11-25-17)31-7-6-27/h3-4,8-11,26-27H,1-2,5-7H2,(H,29,30)/p-1. The van der Waals surface area contributed by atoms with Crippen LogP contribution in [0.15, 0.2) is 36.5 Å². The van der Waals surface area contributed by atoms with Crippen molar-refractivity contribution in [2.75, 3.05) is 19.8 Å². The minimum absolute atomic E-state index is 0.0684. The van der Waals surface area contributed by atoms with E-state index >= 15 is 0 Å². The van der Waals surface area contributed by atoms with Crippen LogP contribution in [0.4, 0.5) is 8.78 Å². The smallest absolute Gasteiger partial charge is 0.197 e. The van der Waals surface area contributed by atoms with Gasteiger partial charge in [-0.15, -0.1) is 0 Å². The summed E-state index contributed by atoms with van der Waals surface area (Å²) in [7, 11) is 0. The molecule has 1 atom stereocenters. The molecular weight excluding hydrogens is 466 g/mol. The number of ether oxygens (including phenoxy) is 1. The summed E-state index contributed by atoms with van der Waals surface area (Å²) in [5.74, 6) is -3.02. The number of aryl methyl sites for hydroxylation is 1. The molecule has 0 bridgehead atoms. The van der Waals surface area contributed by atoms with Crippen molar-refractivity contribution in [3.8, 4) is 5.75 Å². The summed E-state index contributed by atoms with van der Waals surface area (Å²) in [5.41, 5.74) is 0.212. The lowest BCUT2D eigenvalue weighted by atomic mass is 9.97. The first-order chi connectivity index (χ1) is 15.3. The Hall–Kier alpha value is -2.50. The van der Waals surface area contributed by atoms with Gasteiger partial charge in [-0.1, -0.05) is 11.6 Å². The van der Waals surface area contributed by atoms with Gasteiger partial charge in [0.05, 0.1) is 28.9 Å². The fourth-order valence-corrected chi connectivity index (χ4v) is 3.74. The zero-order chi connectivity index (χ0) is 23.3. The van der Waals surface area contributed by atoms with Crippen LogP contribution in [-0.4, -0.2) is 44.4 Å². The number of nitrogens with zero attached hydrogens (tertiary/aromatic N) is 1. The van der Waals surface area contributed by atoms with Gasteiger partial charge >= 0.3 is 0 Å². The van der Waals surface area contributed by atoms with E-state index in [9.17, 15) is 22.3 Å². The summed E-state index contributed by atoms with van der Waals surface area (Å²) in [6.07, 6.45) is 1.87. The second-order valence-electron chi connectivity index (χ2n) is 6.73. The molecule has 0 spiro atoms. The highest BCUT2D eigenvalue weighted by Crippen LogP contribution is 2.30. The molecule has 1 aromatic heterocycles. The van der Waals surface area contributed by atoms with Gasteiger partial charge in [-0.05, 0) is 48.7 Å². The Morgan fingerprint density at radius 3 is 2.78 bits per heavy atom. The second-order valence-corrected chi connectivity index (χ2v) is 7.87. The molecule has 7 nitrogen and oxygen atoms in total. The van der Waals surface area contributed by atoms with Gasteiger partial charge in [-0.2, -0.15) is 0 Å². The Morgan fingerprint density at radius 2 is 2.06 bits per heavy atom. The average molecular weight is 484 g/mol. The SMILES string of the molecule is O=C(c1ccc2ncc(OCCO)cc2c1)c1c(F)c(F)cc(CCCNS(=O)[O-])c1Cl. The van der Waals surface area contributed by atoms with Crippen LogP contribution in [0.2, 0.25) is 5.02 Å². The van der Waals surface area contributed by atoms with Crippen molar-refractivity contribution in [3.63, 3.8) is 0 Å². The van der Waals surface area contributed by atoms with Crippen LogP contribution in [0, 0.1) is 11.6 Å². The van der Waals surface area contributed by atoms with Gasteiger partial charge in [-0.25, -0.2) is 13.5 Å². The maximum absolute atomic E-state index is 14.6. The summed E-state index contributed by atoms with van der Waals surface area (Å²) in [5, 5.41) is 9.17. The van der Waals surface area contributed by atoms with Gasteiger partial charge in [0.2, 0.25) is 0 Å². The number of aliphatic hydroxyl groups excluding tert-OH is 1. The number of aliphatic hydroxyl groups is 1. The fourth-order valence-electron chi connectivity index (χ4n) is 3.11. The van der Waals surface area contributed by atoms with E-state index < -0.39 is 34.2 Å². The van der Waals surface area contributed by atoms with Crippen molar-refractivity contribution in [3.05, 3.63) is 69.9 Å². The van der Waals surface area contributed by atoms with Gasteiger partial charge in [0.25, 0.3) is 0 Å². The molecule has 0 saturated carbocycles. The number of carbonyl (C=O) groups is 1. The zero-order valence-corrected chi connectivity index (χ0v) is 18.1. The number of hydrogen-bond donors (Lipinski definition) is 2. The van der Waals surface area contributed by atoms with Gasteiger partial charge in [0, 0.05) is 28.8 Å². The molecule has 0 saturated heterocycles. The predicted octanol–water partition coefficient (Wildman–Crippen LogP) is 3.08. The topological polar surface area (TPSA) is 112 Å². The molecule has 0 aliphatic rings. The van der Waals surface area contributed by atoms with E-state index in [1.165, 1.54) is 18.3 Å². The zero-order valence-electron chi connectivity index (χ0n) is 16.6. The lowest BCUT2D eigenvalue weighted by Gasteiger charge is -2.13. The molecule has 0 aliphatic heterocycles. The molecule has 0 amide bonds. The third kappa shape index (κ3) is 5.64. The van der Waals surface area contributed by atoms with Crippen LogP contribution in [0.3, 0.4) is 0 Å². The summed E-state index contributed by atoms with van der Waals surface area (Å²) >= 11 is 3.81. The predicted molar refractivity (Wildman–Crippen MR) is 114 cm³/mol. The van der Waals surface area contributed by atoms with Crippen molar-refractivity contribution in [1.29, 1.82) is 0 Å². The van der Waals surface area contributed by atoms with E-state index in [0.29, 0.717) is 16.7 Å². The minimum atomic E-state index is -2.44. The van der Waals surface area contributed by atoms with Gasteiger partial charge < -0.3 is 14.4 Å². The van der Waals surface area contributed by atoms with Crippen molar-refractivity contribution >= 4 is 39.6 Å². The highest BCUT2D eigenvalue weighted by molar-refractivity contribution is 7.77. The van der Waals surface area contributed by atoms with Gasteiger partial charge in [0.1, 0.15) is 12.4 Å². The number of aromatic nitrogens is 1. The van der Waals surface area contributed by atoms with E-state index in [1.807, 2.05) is 0 Å². The largest absolute Gasteiger partial charge is 0.760 e. The molecule has 3 rings (SSSR count). The summed E-state index contributed by atoms with van der Waals surface area (Å²) in [4.78, 5) is 17.2. The van der Waals surface area contributed by atoms with E-state index in [2.05, 4.69) is 9.71 Å². The molecule has 1 heterocycles. The fraction of sp³-hybridized carbons (Fsp3) is 0.238. The van der Waals surface area contributed by atoms with Crippen LogP contribution >= 0.6 is 11.6 Å². The first kappa shape index (κ1) is 24.1. The summed E-state index contributed by atoms with van der Waals surface area (Å²) in [6.45, 7) is -0.0347. The van der Waals surface area contributed by atoms with Crippen molar-refractivity contribution in [1.82, 2.24) is 9.71 Å². The molecule has 170 valence electrons. The van der Waals surface area contributed by atoms with Crippen LogP contribution < -0.4 is 9.46 Å². The van der Waals surface area contributed by atoms with Gasteiger partial charge in [-0.3, -0.25) is 14.0 Å². The molecule has 11 heteroatoms. The Balaban J connectivity index is 1.93. The van der Waals surface area contributed by atoms with Crippen LogP contribution in [-0.2, 0) is 17.7 Å². The quantitative estimate of drug-likeness (QED) is 0.198. The maximum Gasteiger partial charge on any atom is 0.197 e. The Kier molecular flexibility index (Phi) is 8.21. The number of nitrogens with one attached hydrogen (secondary N) is 1. The van der Waals surface area contributed by atoms with Crippen molar-refractivity contribution in [2.45, 2.75) is 12.8 Å². The third-order valence-electron chi connectivity index (χ3n) is 4.58. The second kappa shape index (κ2) is 10.9. The van der Waals surface area contributed by atoms with Crippen molar-refractivity contribution in [2.24, 2.45) is 0 Å². The number of pyridine rings is 1. The molecule has 2 N–H and O–H groups in total. The van der Waals surface area contributed by atoms with E-state index in [4.69, 9.17) is 21.4 Å². The van der Waals surface area contributed by atoms with E-state index in [0.717, 1.165) is 6.07 Å². The third-order valence-corrected chi connectivity index (χ3v) is 5.45. The monoisotopic (exact) mass is 483 g/mol. The molecule has 3 aromatic rings. The number of halogens is 3. The Bertz CT molecular complexity index is 1180. The molecule has 0 fully saturated rings. The lowest BCUT2D eigenvalue weighted by Crippen LogP contribution is -2.18. The average Bonchev–Trinajstić information content (AvgIpc) is 2.77. The van der Waals surface area contributed by atoms with Gasteiger partial charge in [0.15, 0.2) is 17.4 Å². The highest BCUT2D eigenvalue weighted by atomic mass is 35.5. The molecule has 0 aliphatic carbocycles. The van der Waals surface area contributed by atoms with Crippen LogP contribution in [0.5, 0.6) is 5.75 Å². The highest BCUT2D eigenvalue weighted by Gasteiger charge is 2.24. The Labute approximate surface area is 189 Å². The Morgan fingerprint density at radius 1 is 1.28 bits per heavy atom. The number of carbonyl (C=O) groups excluding carboxylic acids is 1. The number of ketones is 1. The van der Waals surface area contributed by atoms with E-state index in [1.54, 1.807) is 12.1 Å².